The summed E-state index contributed by atoms with van der Waals surface area (Å²) in [4.78, 5) is 7.85. The van der Waals surface area contributed by atoms with E-state index in [2.05, 4.69) is 69.5 Å². The van der Waals surface area contributed by atoms with E-state index < -0.39 is 0 Å². The van der Waals surface area contributed by atoms with Crippen molar-refractivity contribution in [1.29, 1.82) is 0 Å². The van der Waals surface area contributed by atoms with Gasteiger partial charge in [-0.25, -0.2) is 0 Å². The Balaban J connectivity index is 1.04. The third-order valence-electron chi connectivity index (χ3n) is 9.07. The number of nitrogens with one attached hydrogen (secondary N) is 1. The molecule has 2 aliphatic heterocycles. The molecular formula is C30H39ClN4. The summed E-state index contributed by atoms with van der Waals surface area (Å²) >= 11 is 6.21. The van der Waals surface area contributed by atoms with Crippen LogP contribution in [0.4, 0.5) is 5.69 Å². The Morgan fingerprint density at radius 2 is 1.77 bits per heavy atom. The van der Waals surface area contributed by atoms with Gasteiger partial charge < -0.3 is 15.1 Å². The lowest BCUT2D eigenvalue weighted by atomic mass is 9.74. The number of piperazine rings is 1. The van der Waals surface area contributed by atoms with Crippen molar-refractivity contribution in [3.05, 3.63) is 64.2 Å². The van der Waals surface area contributed by atoms with Crippen LogP contribution >= 0.6 is 11.6 Å². The molecule has 1 N–H and O–H groups in total. The van der Waals surface area contributed by atoms with E-state index in [4.69, 9.17) is 11.6 Å². The highest BCUT2D eigenvalue weighted by Crippen LogP contribution is 2.38. The highest BCUT2D eigenvalue weighted by Gasteiger charge is 2.43. The highest BCUT2D eigenvalue weighted by atomic mass is 35.5. The Morgan fingerprint density at radius 1 is 0.971 bits per heavy atom. The van der Waals surface area contributed by atoms with Crippen molar-refractivity contribution in [3.8, 4) is 0 Å². The molecule has 0 spiro atoms. The molecule has 0 amide bonds. The molecule has 2 aliphatic carbocycles. The number of likely N-dealkylation sites (N-methyl/N-ethyl adjacent to an activating group) is 1. The summed E-state index contributed by atoms with van der Waals surface area (Å²) < 4.78 is 0. The van der Waals surface area contributed by atoms with Crippen LogP contribution in [0.3, 0.4) is 0 Å². The van der Waals surface area contributed by atoms with E-state index in [-0.39, 0.29) is 0 Å². The molecule has 186 valence electrons. The highest BCUT2D eigenvalue weighted by molar-refractivity contribution is 6.30. The van der Waals surface area contributed by atoms with Crippen LogP contribution in [0, 0.1) is 0 Å². The second kappa shape index (κ2) is 9.89. The predicted molar refractivity (Wildman–Crippen MR) is 148 cm³/mol. The molecule has 35 heavy (non-hydrogen) atoms. The van der Waals surface area contributed by atoms with Gasteiger partial charge in [-0.1, -0.05) is 35.9 Å². The zero-order valence-corrected chi connectivity index (χ0v) is 21.9. The molecule has 4 nitrogen and oxygen atoms in total. The number of anilines is 1. The number of piperidine rings is 1. The minimum atomic E-state index is 0.434. The van der Waals surface area contributed by atoms with Crippen LogP contribution in [-0.4, -0.2) is 74.2 Å². The van der Waals surface area contributed by atoms with Gasteiger partial charge in [0.05, 0.1) is 0 Å². The predicted octanol–water partition coefficient (Wildman–Crippen LogP) is 5.17. The first kappa shape index (κ1) is 23.5. The number of hydrogen-bond donors (Lipinski definition) is 1. The van der Waals surface area contributed by atoms with Crippen molar-refractivity contribution in [3.63, 3.8) is 0 Å². The summed E-state index contributed by atoms with van der Waals surface area (Å²) in [7, 11) is 2.26. The molecule has 0 atom stereocenters. The minimum absolute atomic E-state index is 0.434. The number of hydrogen-bond acceptors (Lipinski definition) is 4. The van der Waals surface area contributed by atoms with Crippen LogP contribution in [0.2, 0.25) is 5.02 Å². The number of halogens is 1. The van der Waals surface area contributed by atoms with E-state index in [1.54, 1.807) is 0 Å². The molecule has 2 heterocycles. The molecule has 3 fully saturated rings. The lowest BCUT2D eigenvalue weighted by molar-refractivity contribution is -0.0151. The lowest BCUT2D eigenvalue weighted by Gasteiger charge is -2.53. The van der Waals surface area contributed by atoms with Gasteiger partial charge in [0.25, 0.3) is 0 Å². The molecule has 0 bridgehead atoms. The molecule has 0 unspecified atom stereocenters. The largest absolute Gasteiger partial charge is 0.371 e. The fraction of sp³-hybridized carbons (Fsp3) is 0.533. The van der Waals surface area contributed by atoms with Gasteiger partial charge in [-0.15, -0.1) is 0 Å². The van der Waals surface area contributed by atoms with Gasteiger partial charge in [0.15, 0.2) is 0 Å². The number of benzene rings is 2. The SMILES string of the molecule is CN1CCN(C2(CNC3CCN(c4cccc(C5=Cc6cc(Cl)ccc6C5)c4)CC3)CCC2)CC1. The second-order valence-corrected chi connectivity index (χ2v) is 11.7. The van der Waals surface area contributed by atoms with Gasteiger partial charge in [-0.3, -0.25) is 4.90 Å². The molecule has 2 saturated heterocycles. The van der Waals surface area contributed by atoms with Crippen LogP contribution in [0.15, 0.2) is 42.5 Å². The Bertz CT molecular complexity index is 1080. The minimum Gasteiger partial charge on any atom is -0.371 e. The summed E-state index contributed by atoms with van der Waals surface area (Å²) in [5.41, 5.74) is 7.19. The number of allylic oxidation sites excluding steroid dienone is 1. The fourth-order valence-electron chi connectivity index (χ4n) is 6.54. The van der Waals surface area contributed by atoms with Gasteiger partial charge in [-0.05, 0) is 92.1 Å². The van der Waals surface area contributed by atoms with Crippen LogP contribution in [0.25, 0.3) is 11.6 Å². The third-order valence-corrected chi connectivity index (χ3v) is 9.31. The van der Waals surface area contributed by atoms with E-state index in [1.165, 1.54) is 92.8 Å². The van der Waals surface area contributed by atoms with Gasteiger partial charge in [0, 0.05) is 68.1 Å². The fourth-order valence-corrected chi connectivity index (χ4v) is 6.72. The smallest absolute Gasteiger partial charge is 0.0412 e. The molecule has 0 radical (unpaired) electrons. The topological polar surface area (TPSA) is 21.8 Å². The van der Waals surface area contributed by atoms with Crippen LogP contribution in [0.5, 0.6) is 0 Å². The number of fused-ring (bicyclic) bond motifs is 1. The first-order valence-electron chi connectivity index (χ1n) is 13.6. The number of rotatable bonds is 6. The number of nitrogens with zero attached hydrogens (tertiary/aromatic N) is 3. The van der Waals surface area contributed by atoms with Crippen LogP contribution < -0.4 is 10.2 Å². The molecular weight excluding hydrogens is 452 g/mol. The maximum absolute atomic E-state index is 6.21. The molecule has 6 rings (SSSR count). The van der Waals surface area contributed by atoms with E-state index >= 15 is 0 Å². The van der Waals surface area contributed by atoms with Crippen molar-refractivity contribution in [2.45, 2.75) is 50.1 Å². The van der Waals surface area contributed by atoms with Crippen LogP contribution in [-0.2, 0) is 6.42 Å². The maximum atomic E-state index is 6.21. The van der Waals surface area contributed by atoms with Crippen molar-refractivity contribution in [1.82, 2.24) is 15.1 Å². The first-order chi connectivity index (χ1) is 17.1. The Labute approximate surface area is 215 Å². The monoisotopic (exact) mass is 490 g/mol. The average molecular weight is 491 g/mol. The van der Waals surface area contributed by atoms with Crippen LogP contribution in [0.1, 0.15) is 48.8 Å². The molecule has 4 aliphatic rings. The van der Waals surface area contributed by atoms with Gasteiger partial charge in [-0.2, -0.15) is 0 Å². The standard InChI is InChI=1S/C30H39ClN4/c1-33-14-16-35(17-15-33)30(10-3-11-30)22-32-28-8-12-34(13-9-28)29-5-2-4-23(21-29)25-18-24-6-7-27(31)20-26(24)19-25/h2,4-7,19-21,28,32H,3,8-18,22H2,1H3. The van der Waals surface area contributed by atoms with Crippen molar-refractivity contribution >= 4 is 28.9 Å². The molecule has 0 aromatic heterocycles. The summed E-state index contributed by atoms with van der Waals surface area (Å²) in [6.07, 6.45) is 9.93. The Morgan fingerprint density at radius 3 is 2.51 bits per heavy atom. The Kier molecular flexibility index (Phi) is 6.66. The van der Waals surface area contributed by atoms with E-state index in [1.807, 2.05) is 6.07 Å². The summed E-state index contributed by atoms with van der Waals surface area (Å²) in [5, 5.41) is 4.83. The average Bonchev–Trinajstić information content (AvgIpc) is 3.28. The van der Waals surface area contributed by atoms with Crippen molar-refractivity contribution in [2.75, 3.05) is 57.8 Å². The summed E-state index contributed by atoms with van der Waals surface area (Å²) in [6, 6.07) is 16.1. The molecule has 1 saturated carbocycles. The van der Waals surface area contributed by atoms with Gasteiger partial charge >= 0.3 is 0 Å². The normalized spacial score (nSPS) is 23.1. The molecule has 2 aromatic carbocycles. The van der Waals surface area contributed by atoms with Crippen molar-refractivity contribution in [2.24, 2.45) is 0 Å². The summed E-state index contributed by atoms with van der Waals surface area (Å²) in [6.45, 7) is 8.36. The van der Waals surface area contributed by atoms with E-state index in [0.29, 0.717) is 11.6 Å². The zero-order chi connectivity index (χ0) is 23.8. The van der Waals surface area contributed by atoms with E-state index in [0.717, 1.165) is 24.5 Å². The van der Waals surface area contributed by atoms with Gasteiger partial charge in [0.1, 0.15) is 0 Å². The lowest BCUT2D eigenvalue weighted by Crippen LogP contribution is -2.64. The zero-order valence-electron chi connectivity index (χ0n) is 21.1. The Hall–Kier alpha value is -1.85. The van der Waals surface area contributed by atoms with Crippen molar-refractivity contribution < 1.29 is 0 Å². The quantitative estimate of drug-likeness (QED) is 0.603. The molecule has 2 aromatic rings. The third kappa shape index (κ3) is 4.91. The summed E-state index contributed by atoms with van der Waals surface area (Å²) in [5.74, 6) is 0. The van der Waals surface area contributed by atoms with Gasteiger partial charge in [0.2, 0.25) is 0 Å². The second-order valence-electron chi connectivity index (χ2n) is 11.3. The maximum Gasteiger partial charge on any atom is 0.0412 e. The molecule has 5 heteroatoms. The van der Waals surface area contributed by atoms with E-state index in [9.17, 15) is 0 Å². The first-order valence-corrected chi connectivity index (χ1v) is 14.0.